The molecule has 0 aliphatic rings. The van der Waals surface area contributed by atoms with Crippen molar-refractivity contribution in [3.63, 3.8) is 0 Å². The van der Waals surface area contributed by atoms with E-state index >= 15 is 0 Å². The second kappa shape index (κ2) is 5.57. The first-order chi connectivity index (χ1) is 9.97. The van der Waals surface area contributed by atoms with E-state index in [1.807, 2.05) is 36.7 Å². The molecule has 2 aromatic heterocycles. The van der Waals surface area contributed by atoms with Crippen molar-refractivity contribution in [2.24, 2.45) is 12.0 Å². The number of carbonyl (C=O) groups is 1. The molecule has 108 valence electrons. The smallest absolute Gasteiger partial charge is 0.282 e. The third-order valence-corrected chi connectivity index (χ3v) is 5.69. The number of hydrogen-bond acceptors (Lipinski definition) is 3. The lowest BCUT2D eigenvalue weighted by Crippen LogP contribution is -2.13. The molecule has 0 aliphatic carbocycles. The normalized spacial score (nSPS) is 12.3. The molecule has 0 atom stereocenters. The van der Waals surface area contributed by atoms with Crippen LogP contribution in [0.3, 0.4) is 0 Å². The highest BCUT2D eigenvalue weighted by Gasteiger charge is 2.14. The maximum Gasteiger partial charge on any atom is 0.282 e. The fourth-order valence-corrected chi connectivity index (χ4v) is 4.68. The summed E-state index contributed by atoms with van der Waals surface area (Å²) >= 11 is 14.5. The fourth-order valence-electron chi connectivity index (χ4n) is 2.14. The van der Waals surface area contributed by atoms with Gasteiger partial charge in [0.2, 0.25) is 0 Å². The third kappa shape index (κ3) is 2.66. The van der Waals surface area contributed by atoms with Gasteiger partial charge in [0.25, 0.3) is 5.91 Å². The molecule has 0 aliphatic heterocycles. The van der Waals surface area contributed by atoms with Gasteiger partial charge in [-0.2, -0.15) is 4.99 Å². The summed E-state index contributed by atoms with van der Waals surface area (Å²) in [6, 6.07) is 7.61. The summed E-state index contributed by atoms with van der Waals surface area (Å²) in [5.74, 6) is -0.372. The van der Waals surface area contributed by atoms with Crippen molar-refractivity contribution in [1.82, 2.24) is 4.57 Å². The fraction of sp³-hybridized carbons (Fsp3) is 0.143. The Labute approximate surface area is 139 Å². The van der Waals surface area contributed by atoms with Crippen LogP contribution in [0.15, 0.2) is 29.3 Å². The molecule has 1 amide bonds. The van der Waals surface area contributed by atoms with Crippen molar-refractivity contribution in [3.05, 3.63) is 48.9 Å². The lowest BCUT2D eigenvalue weighted by Gasteiger charge is -1.98. The van der Waals surface area contributed by atoms with Crippen LogP contribution < -0.4 is 4.80 Å². The number of benzene rings is 1. The molecule has 0 saturated heterocycles. The van der Waals surface area contributed by atoms with Crippen molar-refractivity contribution < 1.29 is 4.79 Å². The van der Waals surface area contributed by atoms with Gasteiger partial charge in [0.1, 0.15) is 4.34 Å². The summed E-state index contributed by atoms with van der Waals surface area (Å²) in [6.07, 6.45) is 0. The molecular formula is C14H10Cl2N2OS2. The minimum atomic E-state index is -0.372. The zero-order valence-corrected chi connectivity index (χ0v) is 14.3. The van der Waals surface area contributed by atoms with Crippen molar-refractivity contribution in [3.8, 4) is 0 Å². The summed E-state index contributed by atoms with van der Waals surface area (Å²) in [6.45, 7) is 2.04. The maximum absolute atomic E-state index is 12.3. The van der Waals surface area contributed by atoms with E-state index in [0.717, 1.165) is 15.8 Å². The lowest BCUT2D eigenvalue weighted by atomic mass is 10.2. The predicted molar refractivity (Wildman–Crippen MR) is 89.8 cm³/mol. The van der Waals surface area contributed by atoms with Gasteiger partial charge in [-0.3, -0.25) is 4.79 Å². The molecule has 0 N–H and O–H groups in total. The van der Waals surface area contributed by atoms with E-state index in [2.05, 4.69) is 4.99 Å². The van der Waals surface area contributed by atoms with Gasteiger partial charge in [0.05, 0.1) is 20.1 Å². The van der Waals surface area contributed by atoms with Crippen LogP contribution in [0.2, 0.25) is 8.67 Å². The quantitative estimate of drug-likeness (QED) is 0.624. The minimum absolute atomic E-state index is 0.348. The number of thiazole rings is 1. The standard InChI is InChI=1S/C14H10Cl2N2OS2/c1-7-4-3-5-9-11(7)18(2)14(20-9)17-13(19)8-6-10(15)21-12(8)16/h3-6H,1-2H3. The summed E-state index contributed by atoms with van der Waals surface area (Å²) in [7, 11) is 1.90. The first-order valence-corrected chi connectivity index (χ1v) is 8.45. The van der Waals surface area contributed by atoms with E-state index in [0.29, 0.717) is 19.0 Å². The monoisotopic (exact) mass is 356 g/mol. The minimum Gasteiger partial charge on any atom is -0.319 e. The average Bonchev–Trinajstić information content (AvgIpc) is 2.91. The number of para-hydroxylation sites is 1. The van der Waals surface area contributed by atoms with Crippen LogP contribution in [0.4, 0.5) is 0 Å². The number of thiophene rings is 1. The summed E-state index contributed by atoms with van der Waals surface area (Å²) in [5.41, 5.74) is 2.58. The molecule has 0 bridgehead atoms. The van der Waals surface area contributed by atoms with E-state index in [-0.39, 0.29) is 5.91 Å². The number of aryl methyl sites for hydroxylation is 2. The number of hydrogen-bond donors (Lipinski definition) is 0. The Hall–Kier alpha value is -1.14. The second-order valence-electron chi connectivity index (χ2n) is 4.52. The molecule has 0 spiro atoms. The Morgan fingerprint density at radius 2 is 2.05 bits per heavy atom. The van der Waals surface area contributed by atoms with Crippen LogP contribution in [0, 0.1) is 6.92 Å². The van der Waals surface area contributed by atoms with Crippen LogP contribution in [0.1, 0.15) is 15.9 Å². The molecule has 3 nitrogen and oxygen atoms in total. The van der Waals surface area contributed by atoms with Crippen LogP contribution in [0.5, 0.6) is 0 Å². The third-order valence-electron chi connectivity index (χ3n) is 3.11. The van der Waals surface area contributed by atoms with Crippen molar-refractivity contribution >= 4 is 62.0 Å². The van der Waals surface area contributed by atoms with Crippen molar-refractivity contribution in [2.45, 2.75) is 6.92 Å². The predicted octanol–water partition coefficient (Wildman–Crippen LogP) is 4.66. The van der Waals surface area contributed by atoms with E-state index in [1.165, 1.54) is 22.7 Å². The number of fused-ring (bicyclic) bond motifs is 1. The Kier molecular flexibility index (Phi) is 3.92. The molecule has 0 saturated carbocycles. The molecule has 3 rings (SSSR count). The molecule has 2 heterocycles. The number of aromatic nitrogens is 1. The van der Waals surface area contributed by atoms with E-state index in [9.17, 15) is 4.79 Å². The maximum atomic E-state index is 12.3. The molecule has 7 heteroatoms. The number of amides is 1. The highest BCUT2D eigenvalue weighted by Crippen LogP contribution is 2.31. The van der Waals surface area contributed by atoms with Gasteiger partial charge >= 0.3 is 0 Å². The van der Waals surface area contributed by atoms with E-state index in [4.69, 9.17) is 23.2 Å². The van der Waals surface area contributed by atoms with Crippen LogP contribution >= 0.6 is 45.9 Å². The second-order valence-corrected chi connectivity index (χ2v) is 7.81. The lowest BCUT2D eigenvalue weighted by molar-refractivity contribution is 0.0998. The summed E-state index contributed by atoms with van der Waals surface area (Å²) in [5, 5.41) is 0. The number of carbonyl (C=O) groups excluding carboxylic acids is 1. The number of nitrogens with zero attached hydrogens (tertiary/aromatic N) is 2. The van der Waals surface area contributed by atoms with Crippen molar-refractivity contribution in [2.75, 3.05) is 0 Å². The molecule has 3 aromatic rings. The average molecular weight is 357 g/mol. The molecule has 0 radical (unpaired) electrons. The Bertz CT molecular complexity index is 921. The summed E-state index contributed by atoms with van der Waals surface area (Å²) in [4.78, 5) is 17.1. The largest absolute Gasteiger partial charge is 0.319 e. The molecule has 0 unspecified atom stereocenters. The zero-order valence-electron chi connectivity index (χ0n) is 11.2. The van der Waals surface area contributed by atoms with Gasteiger partial charge in [-0.25, -0.2) is 0 Å². The highest BCUT2D eigenvalue weighted by molar-refractivity contribution is 7.20. The molecular weight excluding hydrogens is 347 g/mol. The Balaban J connectivity index is 2.16. The first kappa shape index (κ1) is 14.8. The van der Waals surface area contributed by atoms with Crippen LogP contribution in [0.25, 0.3) is 10.2 Å². The Morgan fingerprint density at radius 3 is 2.67 bits per heavy atom. The molecule has 1 aromatic carbocycles. The van der Waals surface area contributed by atoms with Gasteiger partial charge in [-0.1, -0.05) is 46.7 Å². The topological polar surface area (TPSA) is 34.4 Å². The van der Waals surface area contributed by atoms with Gasteiger partial charge in [-0.15, -0.1) is 11.3 Å². The summed E-state index contributed by atoms with van der Waals surface area (Å²) < 4.78 is 3.87. The van der Waals surface area contributed by atoms with Gasteiger partial charge < -0.3 is 4.57 Å². The SMILES string of the molecule is Cc1cccc2sc(=NC(=O)c3cc(Cl)sc3Cl)n(C)c12. The molecule has 0 fully saturated rings. The number of rotatable bonds is 1. The first-order valence-electron chi connectivity index (χ1n) is 6.06. The Morgan fingerprint density at radius 1 is 1.29 bits per heavy atom. The number of halogens is 2. The van der Waals surface area contributed by atoms with Crippen LogP contribution in [-0.4, -0.2) is 10.5 Å². The zero-order chi connectivity index (χ0) is 15.1. The molecule has 21 heavy (non-hydrogen) atoms. The van der Waals surface area contributed by atoms with E-state index < -0.39 is 0 Å². The van der Waals surface area contributed by atoms with Gasteiger partial charge in [0.15, 0.2) is 4.80 Å². The highest BCUT2D eigenvalue weighted by atomic mass is 35.5. The van der Waals surface area contributed by atoms with Gasteiger partial charge in [0, 0.05) is 7.05 Å². The van der Waals surface area contributed by atoms with Gasteiger partial charge in [-0.05, 0) is 24.6 Å². The van der Waals surface area contributed by atoms with Crippen molar-refractivity contribution in [1.29, 1.82) is 0 Å². The van der Waals surface area contributed by atoms with Crippen LogP contribution in [-0.2, 0) is 7.05 Å². The van der Waals surface area contributed by atoms with E-state index in [1.54, 1.807) is 6.07 Å².